The molecule has 20 heavy (non-hydrogen) atoms. The van der Waals surface area contributed by atoms with Crippen LogP contribution in [0, 0.1) is 6.92 Å². The summed E-state index contributed by atoms with van der Waals surface area (Å²) in [6.07, 6.45) is -0.509. The van der Waals surface area contributed by atoms with E-state index >= 15 is 0 Å². The SMILES string of the molecule is Cc1nc(CCNC(=O)N2CCOC(C(=O)O)C2)no1. The van der Waals surface area contributed by atoms with Gasteiger partial charge in [0.15, 0.2) is 11.9 Å². The van der Waals surface area contributed by atoms with Crippen molar-refractivity contribution in [3.05, 3.63) is 11.7 Å². The van der Waals surface area contributed by atoms with Crippen LogP contribution in [-0.4, -0.2) is 64.5 Å². The maximum absolute atomic E-state index is 11.9. The van der Waals surface area contributed by atoms with Gasteiger partial charge in [-0.05, 0) is 0 Å². The van der Waals surface area contributed by atoms with Crippen molar-refractivity contribution in [2.45, 2.75) is 19.4 Å². The highest BCUT2D eigenvalue weighted by molar-refractivity contribution is 5.77. The van der Waals surface area contributed by atoms with E-state index < -0.39 is 12.1 Å². The van der Waals surface area contributed by atoms with Crippen LogP contribution in [0.3, 0.4) is 0 Å². The van der Waals surface area contributed by atoms with E-state index in [9.17, 15) is 9.59 Å². The molecule has 0 bridgehead atoms. The van der Waals surface area contributed by atoms with E-state index in [0.717, 1.165) is 0 Å². The number of aliphatic carboxylic acids is 1. The van der Waals surface area contributed by atoms with Gasteiger partial charge in [-0.1, -0.05) is 5.16 Å². The molecule has 2 rings (SSSR count). The summed E-state index contributed by atoms with van der Waals surface area (Å²) >= 11 is 0. The minimum atomic E-state index is -1.07. The van der Waals surface area contributed by atoms with Crippen LogP contribution >= 0.6 is 0 Å². The van der Waals surface area contributed by atoms with Crippen molar-refractivity contribution in [3.8, 4) is 0 Å². The van der Waals surface area contributed by atoms with Gasteiger partial charge in [-0.25, -0.2) is 9.59 Å². The Morgan fingerprint density at radius 1 is 1.55 bits per heavy atom. The first-order valence-electron chi connectivity index (χ1n) is 6.22. The van der Waals surface area contributed by atoms with E-state index in [1.165, 1.54) is 4.90 Å². The Labute approximate surface area is 114 Å². The minimum Gasteiger partial charge on any atom is -0.479 e. The number of hydrogen-bond donors (Lipinski definition) is 2. The summed E-state index contributed by atoms with van der Waals surface area (Å²) in [7, 11) is 0. The molecule has 9 heteroatoms. The number of nitrogens with zero attached hydrogens (tertiary/aromatic N) is 3. The van der Waals surface area contributed by atoms with E-state index in [1.54, 1.807) is 6.92 Å². The van der Waals surface area contributed by atoms with Gasteiger partial charge in [-0.2, -0.15) is 4.98 Å². The summed E-state index contributed by atoms with van der Waals surface area (Å²) < 4.78 is 9.86. The van der Waals surface area contributed by atoms with Crippen LogP contribution in [0.4, 0.5) is 4.79 Å². The monoisotopic (exact) mass is 284 g/mol. The molecule has 2 amide bonds. The third-order valence-corrected chi connectivity index (χ3v) is 2.82. The number of carboxylic acids is 1. The average Bonchev–Trinajstić information content (AvgIpc) is 2.84. The Kier molecular flexibility index (Phi) is 4.51. The van der Waals surface area contributed by atoms with Crippen molar-refractivity contribution >= 4 is 12.0 Å². The van der Waals surface area contributed by atoms with Crippen molar-refractivity contribution in [1.29, 1.82) is 0 Å². The zero-order valence-electron chi connectivity index (χ0n) is 11.0. The maximum Gasteiger partial charge on any atom is 0.334 e. The van der Waals surface area contributed by atoms with E-state index in [0.29, 0.717) is 31.2 Å². The largest absolute Gasteiger partial charge is 0.479 e. The number of morpholine rings is 1. The standard InChI is InChI=1S/C11H16N4O5/c1-7-13-9(14-20-7)2-3-12-11(18)15-4-5-19-8(6-15)10(16)17/h8H,2-6H2,1H3,(H,12,18)(H,16,17). The van der Waals surface area contributed by atoms with E-state index in [2.05, 4.69) is 15.5 Å². The van der Waals surface area contributed by atoms with Gasteiger partial charge in [0.25, 0.3) is 0 Å². The van der Waals surface area contributed by atoms with Crippen LogP contribution in [0.5, 0.6) is 0 Å². The van der Waals surface area contributed by atoms with Gasteiger partial charge >= 0.3 is 12.0 Å². The lowest BCUT2D eigenvalue weighted by Gasteiger charge is -2.30. The lowest BCUT2D eigenvalue weighted by atomic mass is 10.3. The molecule has 0 spiro atoms. The Hall–Kier alpha value is -2.16. The quantitative estimate of drug-likeness (QED) is 0.759. The molecular formula is C11H16N4O5. The van der Waals surface area contributed by atoms with E-state index in [-0.39, 0.29) is 19.2 Å². The normalized spacial score (nSPS) is 18.9. The number of urea groups is 1. The number of ether oxygens (including phenoxy) is 1. The molecule has 1 aliphatic heterocycles. The van der Waals surface area contributed by atoms with Crippen molar-refractivity contribution < 1.29 is 24.0 Å². The summed E-state index contributed by atoms with van der Waals surface area (Å²) in [6.45, 7) is 2.68. The number of aromatic nitrogens is 2. The van der Waals surface area contributed by atoms with Crippen molar-refractivity contribution in [2.24, 2.45) is 0 Å². The second-order valence-electron chi connectivity index (χ2n) is 4.36. The maximum atomic E-state index is 11.9. The zero-order valence-corrected chi connectivity index (χ0v) is 11.0. The molecule has 1 atom stereocenters. The van der Waals surface area contributed by atoms with Crippen LogP contribution in [0.15, 0.2) is 4.52 Å². The third-order valence-electron chi connectivity index (χ3n) is 2.82. The Morgan fingerprint density at radius 2 is 2.35 bits per heavy atom. The van der Waals surface area contributed by atoms with Crippen molar-refractivity contribution in [3.63, 3.8) is 0 Å². The smallest absolute Gasteiger partial charge is 0.334 e. The zero-order chi connectivity index (χ0) is 14.5. The molecule has 1 aliphatic rings. The van der Waals surface area contributed by atoms with Gasteiger partial charge in [-0.3, -0.25) is 0 Å². The van der Waals surface area contributed by atoms with Crippen LogP contribution in [0.2, 0.25) is 0 Å². The van der Waals surface area contributed by atoms with Gasteiger partial charge < -0.3 is 24.6 Å². The van der Waals surface area contributed by atoms with Crippen molar-refractivity contribution in [1.82, 2.24) is 20.4 Å². The summed E-state index contributed by atoms with van der Waals surface area (Å²) in [5, 5.41) is 15.3. The number of carbonyl (C=O) groups is 2. The fourth-order valence-electron chi connectivity index (χ4n) is 1.82. The number of carbonyl (C=O) groups excluding carboxylic acids is 1. The third kappa shape index (κ3) is 3.67. The van der Waals surface area contributed by atoms with E-state index in [4.69, 9.17) is 14.4 Å². The minimum absolute atomic E-state index is 0.0441. The topological polar surface area (TPSA) is 118 Å². The molecule has 1 saturated heterocycles. The number of amides is 2. The van der Waals surface area contributed by atoms with Gasteiger partial charge in [0.2, 0.25) is 5.89 Å². The van der Waals surface area contributed by atoms with Gasteiger partial charge in [0.05, 0.1) is 13.2 Å². The average molecular weight is 284 g/mol. The first-order valence-corrected chi connectivity index (χ1v) is 6.22. The number of carboxylic acid groups (broad SMARTS) is 1. The molecule has 1 aromatic heterocycles. The van der Waals surface area contributed by atoms with Crippen LogP contribution < -0.4 is 5.32 Å². The summed E-state index contributed by atoms with van der Waals surface area (Å²) in [6, 6.07) is -0.320. The Morgan fingerprint density at radius 3 is 3.00 bits per heavy atom. The molecule has 0 aliphatic carbocycles. The predicted molar refractivity (Wildman–Crippen MR) is 65.1 cm³/mol. The molecule has 1 fully saturated rings. The van der Waals surface area contributed by atoms with Crippen LogP contribution in [0.25, 0.3) is 0 Å². The highest BCUT2D eigenvalue weighted by atomic mass is 16.5. The summed E-state index contributed by atoms with van der Waals surface area (Å²) in [4.78, 5) is 28.1. The number of rotatable bonds is 4. The molecular weight excluding hydrogens is 268 g/mol. The van der Waals surface area contributed by atoms with Gasteiger partial charge in [0, 0.05) is 26.4 Å². The highest BCUT2D eigenvalue weighted by Gasteiger charge is 2.28. The first-order chi connectivity index (χ1) is 9.56. The van der Waals surface area contributed by atoms with E-state index in [1.807, 2.05) is 0 Å². The lowest BCUT2D eigenvalue weighted by molar-refractivity contribution is -0.154. The van der Waals surface area contributed by atoms with Crippen molar-refractivity contribution in [2.75, 3.05) is 26.2 Å². The Bertz CT molecular complexity index is 489. The molecule has 0 aromatic carbocycles. The van der Waals surface area contributed by atoms with Gasteiger partial charge in [0.1, 0.15) is 0 Å². The second kappa shape index (κ2) is 6.33. The van der Waals surface area contributed by atoms with Crippen LogP contribution in [0.1, 0.15) is 11.7 Å². The summed E-state index contributed by atoms with van der Waals surface area (Å²) in [5.41, 5.74) is 0. The number of hydrogen-bond acceptors (Lipinski definition) is 6. The lowest BCUT2D eigenvalue weighted by Crippen LogP contribution is -2.52. The molecule has 0 saturated carbocycles. The fraction of sp³-hybridized carbons (Fsp3) is 0.636. The predicted octanol–water partition coefficient (Wildman–Crippen LogP) is -0.584. The first kappa shape index (κ1) is 14.3. The molecule has 110 valence electrons. The molecule has 9 nitrogen and oxygen atoms in total. The molecule has 2 heterocycles. The number of aryl methyl sites for hydroxylation is 1. The highest BCUT2D eigenvalue weighted by Crippen LogP contribution is 2.05. The summed E-state index contributed by atoms with van der Waals surface area (Å²) in [5.74, 6) is -0.0678. The Balaban J connectivity index is 1.75. The fourth-order valence-corrected chi connectivity index (χ4v) is 1.82. The molecule has 2 N–H and O–H groups in total. The molecule has 0 radical (unpaired) electrons. The number of nitrogens with one attached hydrogen (secondary N) is 1. The van der Waals surface area contributed by atoms with Gasteiger partial charge in [-0.15, -0.1) is 0 Å². The second-order valence-corrected chi connectivity index (χ2v) is 4.36. The van der Waals surface area contributed by atoms with Crippen LogP contribution in [-0.2, 0) is 16.0 Å². The molecule has 1 unspecified atom stereocenters. The molecule has 1 aromatic rings.